The highest BCUT2D eigenvalue weighted by atomic mass is 19.1. The Labute approximate surface area is 181 Å². The van der Waals surface area contributed by atoms with Gasteiger partial charge in [-0.05, 0) is 44.5 Å². The van der Waals surface area contributed by atoms with E-state index in [0.29, 0.717) is 39.1 Å². The van der Waals surface area contributed by atoms with Gasteiger partial charge in [-0.25, -0.2) is 9.18 Å². The minimum Gasteiger partial charge on any atom is -0.444 e. The molecule has 0 unspecified atom stereocenters. The number of nitrogens with one attached hydrogen (secondary N) is 1. The molecular weight excluding hydrogens is 399 g/mol. The number of rotatable bonds is 5. The molecule has 0 radical (unpaired) electrons. The van der Waals surface area contributed by atoms with E-state index in [1.807, 2.05) is 49.7 Å². The van der Waals surface area contributed by atoms with Crippen LogP contribution in [0.1, 0.15) is 26.3 Å². The van der Waals surface area contributed by atoms with E-state index in [0.717, 1.165) is 22.2 Å². The topological polar surface area (TPSA) is 79.3 Å². The molecule has 0 bridgehead atoms. The first-order valence-electron chi connectivity index (χ1n) is 10.6. The molecule has 1 atom stereocenters. The summed E-state index contributed by atoms with van der Waals surface area (Å²) < 4.78 is 22.2. The molecule has 0 aliphatic carbocycles. The fraction of sp³-hybridized carbons (Fsp3) is 0.500. The highest BCUT2D eigenvalue weighted by Crippen LogP contribution is 2.24. The molecule has 1 aliphatic rings. The van der Waals surface area contributed by atoms with Gasteiger partial charge in [0.25, 0.3) is 0 Å². The standard InChI is InChI=1S/C22H29FN6O2/c1-22(2,3)31-21(30)28-8-6-27(7-9-28)13-17(23)10-16-12-24-20-5-4-18(11-19(16)20)29-14-25-26-15-29/h4-5,11-12,14-15,17,24H,6-10,13H2,1-3H3/t17-/m1/s1. The Hall–Kier alpha value is -2.94. The van der Waals surface area contributed by atoms with Crippen LogP contribution < -0.4 is 0 Å². The molecule has 1 aliphatic heterocycles. The number of amides is 1. The predicted molar refractivity (Wildman–Crippen MR) is 116 cm³/mol. The molecule has 1 saturated heterocycles. The van der Waals surface area contributed by atoms with E-state index in [1.165, 1.54) is 0 Å². The number of carbonyl (C=O) groups excluding carboxylic acids is 1. The molecule has 2 aromatic heterocycles. The second kappa shape index (κ2) is 8.66. The van der Waals surface area contributed by atoms with E-state index in [4.69, 9.17) is 4.74 Å². The van der Waals surface area contributed by atoms with Crippen molar-refractivity contribution in [3.05, 3.63) is 42.6 Å². The van der Waals surface area contributed by atoms with Crippen molar-refractivity contribution in [3.63, 3.8) is 0 Å². The van der Waals surface area contributed by atoms with Gasteiger partial charge in [0, 0.05) is 61.9 Å². The first-order chi connectivity index (χ1) is 14.8. The SMILES string of the molecule is CC(C)(C)OC(=O)N1CCN(C[C@H](F)Cc2c[nH]c3ccc(-n4cnnc4)cc23)CC1. The zero-order valence-electron chi connectivity index (χ0n) is 18.2. The fourth-order valence-electron chi connectivity index (χ4n) is 3.85. The van der Waals surface area contributed by atoms with Crippen LogP contribution in [-0.4, -0.2) is 80.1 Å². The van der Waals surface area contributed by atoms with Crippen molar-refractivity contribution in [2.75, 3.05) is 32.7 Å². The highest BCUT2D eigenvalue weighted by molar-refractivity contribution is 5.85. The van der Waals surface area contributed by atoms with Crippen LogP contribution in [0, 0.1) is 0 Å². The number of carbonyl (C=O) groups is 1. The second-order valence-corrected chi connectivity index (χ2v) is 8.98. The number of benzene rings is 1. The van der Waals surface area contributed by atoms with Gasteiger partial charge in [0.15, 0.2) is 0 Å². The maximum atomic E-state index is 14.9. The Balaban J connectivity index is 1.33. The van der Waals surface area contributed by atoms with E-state index in [-0.39, 0.29) is 6.09 Å². The first-order valence-corrected chi connectivity index (χ1v) is 10.6. The lowest BCUT2D eigenvalue weighted by atomic mass is 10.1. The molecule has 1 amide bonds. The minimum absolute atomic E-state index is 0.299. The van der Waals surface area contributed by atoms with Crippen LogP contribution in [0.2, 0.25) is 0 Å². The highest BCUT2D eigenvalue weighted by Gasteiger charge is 2.27. The predicted octanol–water partition coefficient (Wildman–Crippen LogP) is 3.18. The molecule has 9 heteroatoms. The van der Waals surface area contributed by atoms with Crippen LogP contribution in [0.15, 0.2) is 37.1 Å². The van der Waals surface area contributed by atoms with E-state index >= 15 is 0 Å². The number of aromatic nitrogens is 4. The summed E-state index contributed by atoms with van der Waals surface area (Å²) in [5, 5.41) is 8.69. The van der Waals surface area contributed by atoms with Gasteiger partial charge in [0.05, 0.1) is 0 Å². The first kappa shape index (κ1) is 21.3. The van der Waals surface area contributed by atoms with Gasteiger partial charge in [0.2, 0.25) is 0 Å². The van der Waals surface area contributed by atoms with Crippen LogP contribution in [0.5, 0.6) is 0 Å². The van der Waals surface area contributed by atoms with Crippen LogP contribution >= 0.6 is 0 Å². The molecule has 1 N–H and O–H groups in total. The smallest absolute Gasteiger partial charge is 0.410 e. The number of hydrogen-bond donors (Lipinski definition) is 1. The van der Waals surface area contributed by atoms with Crippen molar-refractivity contribution in [2.45, 2.75) is 39.0 Å². The number of hydrogen-bond acceptors (Lipinski definition) is 5. The Bertz CT molecular complexity index is 1020. The summed E-state index contributed by atoms with van der Waals surface area (Å²) in [6.07, 6.45) is 4.20. The number of fused-ring (bicyclic) bond motifs is 1. The Morgan fingerprint density at radius 2 is 1.90 bits per heavy atom. The van der Waals surface area contributed by atoms with Gasteiger partial charge < -0.3 is 14.6 Å². The van der Waals surface area contributed by atoms with Gasteiger partial charge in [-0.15, -0.1) is 10.2 Å². The summed E-state index contributed by atoms with van der Waals surface area (Å²) in [6.45, 7) is 8.31. The summed E-state index contributed by atoms with van der Waals surface area (Å²) in [4.78, 5) is 19.2. The lowest BCUT2D eigenvalue weighted by Gasteiger charge is -2.36. The average Bonchev–Trinajstić information content (AvgIpc) is 3.37. The summed E-state index contributed by atoms with van der Waals surface area (Å²) in [5.41, 5.74) is 2.35. The molecule has 3 heterocycles. The summed E-state index contributed by atoms with van der Waals surface area (Å²) in [7, 11) is 0. The van der Waals surface area contributed by atoms with Crippen LogP contribution in [0.25, 0.3) is 16.6 Å². The molecule has 4 rings (SSSR count). The molecule has 166 valence electrons. The Morgan fingerprint density at radius 3 is 2.58 bits per heavy atom. The van der Waals surface area contributed by atoms with Crippen molar-refractivity contribution in [1.29, 1.82) is 0 Å². The second-order valence-electron chi connectivity index (χ2n) is 8.98. The van der Waals surface area contributed by atoms with Crippen LogP contribution in [-0.2, 0) is 11.2 Å². The fourth-order valence-corrected chi connectivity index (χ4v) is 3.85. The molecule has 1 fully saturated rings. The third-order valence-electron chi connectivity index (χ3n) is 5.39. The van der Waals surface area contributed by atoms with Gasteiger partial charge >= 0.3 is 6.09 Å². The van der Waals surface area contributed by atoms with Crippen molar-refractivity contribution in [1.82, 2.24) is 29.5 Å². The van der Waals surface area contributed by atoms with Gasteiger partial charge in [-0.2, -0.15) is 0 Å². The summed E-state index contributed by atoms with van der Waals surface area (Å²) in [5.74, 6) is 0. The molecule has 8 nitrogen and oxygen atoms in total. The number of ether oxygens (including phenoxy) is 1. The molecular formula is C22H29FN6O2. The van der Waals surface area contributed by atoms with Crippen LogP contribution in [0.3, 0.4) is 0 Å². The molecule has 3 aromatic rings. The molecule has 31 heavy (non-hydrogen) atoms. The van der Waals surface area contributed by atoms with Gasteiger partial charge in [0.1, 0.15) is 24.4 Å². The quantitative estimate of drug-likeness (QED) is 0.675. The van der Waals surface area contributed by atoms with E-state index in [2.05, 4.69) is 20.1 Å². The maximum absolute atomic E-state index is 14.9. The van der Waals surface area contributed by atoms with Crippen molar-refractivity contribution in [3.8, 4) is 5.69 Å². The average molecular weight is 429 g/mol. The molecule has 0 spiro atoms. The number of nitrogens with zero attached hydrogens (tertiary/aromatic N) is 5. The number of halogens is 1. The lowest BCUT2D eigenvalue weighted by molar-refractivity contribution is 0.0128. The Kier molecular flexibility index (Phi) is 5.95. The van der Waals surface area contributed by atoms with E-state index < -0.39 is 11.8 Å². The largest absolute Gasteiger partial charge is 0.444 e. The number of aromatic amines is 1. The van der Waals surface area contributed by atoms with Crippen molar-refractivity contribution < 1.29 is 13.9 Å². The monoisotopic (exact) mass is 428 g/mol. The third kappa shape index (κ3) is 5.22. The zero-order chi connectivity index (χ0) is 22.0. The summed E-state index contributed by atoms with van der Waals surface area (Å²) in [6, 6.07) is 5.98. The minimum atomic E-state index is -0.995. The molecule has 1 aromatic carbocycles. The van der Waals surface area contributed by atoms with Crippen molar-refractivity contribution in [2.24, 2.45) is 0 Å². The number of piperazine rings is 1. The lowest BCUT2D eigenvalue weighted by Crippen LogP contribution is -2.51. The van der Waals surface area contributed by atoms with Gasteiger partial charge in [-0.3, -0.25) is 9.47 Å². The van der Waals surface area contributed by atoms with E-state index in [1.54, 1.807) is 17.6 Å². The zero-order valence-corrected chi connectivity index (χ0v) is 18.2. The van der Waals surface area contributed by atoms with Crippen molar-refractivity contribution >= 4 is 17.0 Å². The normalized spacial score (nSPS) is 16.6. The third-order valence-corrected chi connectivity index (χ3v) is 5.39. The molecule has 0 saturated carbocycles. The number of H-pyrrole nitrogens is 1. The number of alkyl halides is 1. The van der Waals surface area contributed by atoms with E-state index in [9.17, 15) is 9.18 Å². The summed E-state index contributed by atoms with van der Waals surface area (Å²) >= 11 is 0. The van der Waals surface area contributed by atoms with Gasteiger partial charge in [-0.1, -0.05) is 0 Å². The van der Waals surface area contributed by atoms with Crippen LogP contribution in [0.4, 0.5) is 9.18 Å². The Morgan fingerprint density at radius 1 is 1.19 bits per heavy atom. The maximum Gasteiger partial charge on any atom is 0.410 e.